The molecule has 0 amide bonds. The predicted octanol–water partition coefficient (Wildman–Crippen LogP) is 5.69. The molecule has 6 heteroatoms. The van der Waals surface area contributed by atoms with Gasteiger partial charge in [0.1, 0.15) is 10.6 Å². The molecule has 2 aromatic heterocycles. The number of carbonyl (C=O) groups is 2. The lowest BCUT2D eigenvalue weighted by Gasteiger charge is -2.08. The summed E-state index contributed by atoms with van der Waals surface area (Å²) in [7, 11) is 0. The molecule has 0 unspecified atom stereocenters. The fraction of sp³-hybridized carbons (Fsp3) is 0. The summed E-state index contributed by atoms with van der Waals surface area (Å²) in [5, 5.41) is 3.74. The lowest BCUT2D eigenvalue weighted by molar-refractivity contribution is 0.0738. The van der Waals surface area contributed by atoms with E-state index in [1.54, 1.807) is 53.1 Å². The van der Waals surface area contributed by atoms with E-state index in [-0.39, 0.29) is 11.5 Å². The van der Waals surface area contributed by atoms with E-state index in [1.807, 2.05) is 17.5 Å². The normalized spacial score (nSPS) is 10.9. The molecule has 3 nitrogen and oxygen atoms in total. The monoisotopic (exact) mass is 418 g/mol. The molecule has 0 atom stereocenters. The van der Waals surface area contributed by atoms with Crippen LogP contribution in [0.2, 0.25) is 0 Å². The Bertz CT molecular complexity index is 881. The molecule has 2 heterocycles. The van der Waals surface area contributed by atoms with Crippen molar-refractivity contribution in [3.63, 3.8) is 0 Å². The van der Waals surface area contributed by atoms with Crippen LogP contribution in [0.5, 0.6) is 5.75 Å². The molecule has 3 rings (SSSR count). The Kier molecular flexibility index (Phi) is 5.40. The molecule has 24 heavy (non-hydrogen) atoms. The Balaban J connectivity index is 1.85. The van der Waals surface area contributed by atoms with E-state index < -0.39 is 5.97 Å². The van der Waals surface area contributed by atoms with Crippen molar-refractivity contribution in [3.8, 4) is 5.75 Å². The molecule has 0 bridgehead atoms. The van der Waals surface area contributed by atoms with E-state index >= 15 is 0 Å². The number of carbonyl (C=O) groups excluding carboxylic acids is 2. The number of esters is 1. The number of halogens is 1. The standard InChI is InChI=1S/C18H11BrO3S2/c19-12-5-8-16(22-18(21)17-4-2-10-24-17)14(11-12)15(20)7-6-13-3-1-9-23-13/h1-11H. The van der Waals surface area contributed by atoms with Crippen molar-refractivity contribution in [1.29, 1.82) is 0 Å². The van der Waals surface area contributed by atoms with Crippen LogP contribution in [-0.4, -0.2) is 11.8 Å². The maximum atomic E-state index is 12.5. The first-order chi connectivity index (χ1) is 11.6. The highest BCUT2D eigenvalue weighted by atomic mass is 79.9. The van der Waals surface area contributed by atoms with Gasteiger partial charge in [0.15, 0.2) is 5.78 Å². The van der Waals surface area contributed by atoms with Gasteiger partial charge in [0.25, 0.3) is 0 Å². The summed E-state index contributed by atoms with van der Waals surface area (Å²) in [6, 6.07) is 12.3. The van der Waals surface area contributed by atoms with Crippen LogP contribution < -0.4 is 4.74 Å². The zero-order chi connectivity index (χ0) is 16.9. The number of hydrogen-bond donors (Lipinski definition) is 0. The number of rotatable bonds is 5. The number of ether oxygens (including phenoxy) is 1. The highest BCUT2D eigenvalue weighted by Gasteiger charge is 2.16. The largest absolute Gasteiger partial charge is 0.422 e. The molecular formula is C18H11BrO3S2. The van der Waals surface area contributed by atoms with Gasteiger partial charge in [0.05, 0.1) is 5.56 Å². The van der Waals surface area contributed by atoms with Gasteiger partial charge >= 0.3 is 5.97 Å². The third-order valence-corrected chi connectivity index (χ3v) is 5.25. The van der Waals surface area contributed by atoms with Gasteiger partial charge in [0, 0.05) is 9.35 Å². The van der Waals surface area contributed by atoms with Gasteiger partial charge in [-0.05, 0) is 53.2 Å². The van der Waals surface area contributed by atoms with Crippen LogP contribution in [0.15, 0.2) is 63.8 Å². The minimum atomic E-state index is -0.469. The molecule has 0 spiro atoms. The van der Waals surface area contributed by atoms with Crippen molar-refractivity contribution in [3.05, 3.63) is 79.1 Å². The fourth-order valence-corrected chi connectivity index (χ4v) is 3.54. The maximum Gasteiger partial charge on any atom is 0.353 e. The van der Waals surface area contributed by atoms with Crippen molar-refractivity contribution >= 4 is 56.4 Å². The third-order valence-electron chi connectivity index (χ3n) is 3.07. The molecular weight excluding hydrogens is 408 g/mol. The van der Waals surface area contributed by atoms with Crippen LogP contribution >= 0.6 is 38.6 Å². The molecule has 0 saturated heterocycles. The summed E-state index contributed by atoms with van der Waals surface area (Å²) >= 11 is 6.19. The van der Waals surface area contributed by atoms with Crippen LogP contribution in [0.4, 0.5) is 0 Å². The molecule has 0 radical (unpaired) electrons. The molecule has 3 aromatic rings. The quantitative estimate of drug-likeness (QED) is 0.231. The first-order valence-corrected chi connectivity index (χ1v) is 9.50. The number of benzene rings is 1. The molecule has 1 aromatic carbocycles. The smallest absolute Gasteiger partial charge is 0.353 e. The zero-order valence-electron chi connectivity index (χ0n) is 12.3. The molecule has 120 valence electrons. The summed E-state index contributed by atoms with van der Waals surface area (Å²) in [6.07, 6.45) is 3.23. The van der Waals surface area contributed by atoms with Gasteiger partial charge in [-0.3, -0.25) is 4.79 Å². The molecule has 0 aliphatic rings. The van der Waals surface area contributed by atoms with Gasteiger partial charge in [-0.15, -0.1) is 22.7 Å². The Labute approximate surface area is 155 Å². The summed E-state index contributed by atoms with van der Waals surface area (Å²) in [6.45, 7) is 0. The van der Waals surface area contributed by atoms with Crippen molar-refractivity contribution < 1.29 is 14.3 Å². The number of thiophene rings is 2. The van der Waals surface area contributed by atoms with Crippen molar-refractivity contribution in [2.75, 3.05) is 0 Å². The average Bonchev–Trinajstić information content (AvgIpc) is 3.27. The third kappa shape index (κ3) is 4.08. The summed E-state index contributed by atoms with van der Waals surface area (Å²) in [4.78, 5) is 26.1. The Morgan fingerprint density at radius 2 is 1.83 bits per heavy atom. The fourth-order valence-electron chi connectivity index (χ4n) is 1.96. The van der Waals surface area contributed by atoms with E-state index in [9.17, 15) is 9.59 Å². The summed E-state index contributed by atoms with van der Waals surface area (Å²) in [5.74, 6) is -0.445. The van der Waals surface area contributed by atoms with Crippen molar-refractivity contribution in [2.45, 2.75) is 0 Å². The number of ketones is 1. The van der Waals surface area contributed by atoms with Gasteiger partial charge in [-0.2, -0.15) is 0 Å². The molecule has 0 N–H and O–H groups in total. The first kappa shape index (κ1) is 16.8. The van der Waals surface area contributed by atoms with Crippen LogP contribution in [-0.2, 0) is 0 Å². The second-order valence-electron chi connectivity index (χ2n) is 4.72. The van der Waals surface area contributed by atoms with E-state index in [1.165, 1.54) is 17.4 Å². The van der Waals surface area contributed by atoms with Gasteiger partial charge < -0.3 is 4.74 Å². The summed E-state index contributed by atoms with van der Waals surface area (Å²) < 4.78 is 6.14. The highest BCUT2D eigenvalue weighted by molar-refractivity contribution is 9.10. The average molecular weight is 419 g/mol. The first-order valence-electron chi connectivity index (χ1n) is 6.94. The molecule has 0 aliphatic carbocycles. The Morgan fingerprint density at radius 3 is 2.54 bits per heavy atom. The molecule has 0 saturated carbocycles. The van der Waals surface area contributed by atoms with Gasteiger partial charge in [-0.1, -0.05) is 28.1 Å². The van der Waals surface area contributed by atoms with Crippen LogP contribution in [0.3, 0.4) is 0 Å². The second-order valence-corrected chi connectivity index (χ2v) is 7.56. The Hall–Kier alpha value is -2.02. The second kappa shape index (κ2) is 7.70. The predicted molar refractivity (Wildman–Crippen MR) is 101 cm³/mol. The van der Waals surface area contributed by atoms with E-state index in [0.29, 0.717) is 10.4 Å². The topological polar surface area (TPSA) is 43.4 Å². The molecule has 0 fully saturated rings. The van der Waals surface area contributed by atoms with E-state index in [4.69, 9.17) is 4.74 Å². The lowest BCUT2D eigenvalue weighted by atomic mass is 10.1. The Morgan fingerprint density at radius 1 is 1.04 bits per heavy atom. The van der Waals surface area contributed by atoms with E-state index in [0.717, 1.165) is 9.35 Å². The number of allylic oxidation sites excluding steroid dienone is 1. The SMILES string of the molecule is O=C(Oc1ccc(Br)cc1C(=O)C=Cc1cccs1)c1cccs1. The van der Waals surface area contributed by atoms with Gasteiger partial charge in [-0.25, -0.2) is 4.79 Å². The highest BCUT2D eigenvalue weighted by Crippen LogP contribution is 2.26. The van der Waals surface area contributed by atoms with Crippen LogP contribution in [0.25, 0.3) is 6.08 Å². The minimum absolute atomic E-state index is 0.223. The van der Waals surface area contributed by atoms with Crippen LogP contribution in [0, 0.1) is 0 Å². The van der Waals surface area contributed by atoms with Gasteiger partial charge in [0.2, 0.25) is 0 Å². The molecule has 0 aliphatic heterocycles. The van der Waals surface area contributed by atoms with Crippen LogP contribution in [0.1, 0.15) is 24.9 Å². The summed E-state index contributed by atoms with van der Waals surface area (Å²) in [5.41, 5.74) is 0.335. The van der Waals surface area contributed by atoms with Crippen molar-refractivity contribution in [1.82, 2.24) is 0 Å². The lowest BCUT2D eigenvalue weighted by Crippen LogP contribution is -2.09. The maximum absolute atomic E-state index is 12.5. The number of hydrogen-bond acceptors (Lipinski definition) is 5. The van der Waals surface area contributed by atoms with Crippen molar-refractivity contribution in [2.24, 2.45) is 0 Å². The minimum Gasteiger partial charge on any atom is -0.422 e. The zero-order valence-corrected chi connectivity index (χ0v) is 15.5. The van der Waals surface area contributed by atoms with E-state index in [2.05, 4.69) is 15.9 Å².